The van der Waals surface area contributed by atoms with Crippen molar-refractivity contribution < 1.29 is 19.0 Å². The molecule has 1 aromatic carbocycles. The van der Waals surface area contributed by atoms with Gasteiger partial charge in [-0.25, -0.2) is 24.1 Å². The molecule has 2 aromatic heterocycles. The van der Waals surface area contributed by atoms with Crippen molar-refractivity contribution in [3.05, 3.63) is 53.7 Å². The average molecular weight is 480 g/mol. The van der Waals surface area contributed by atoms with Gasteiger partial charge in [0.05, 0.1) is 11.6 Å². The topological polar surface area (TPSA) is 109 Å². The Morgan fingerprint density at radius 3 is 3.00 bits per heavy atom. The number of aromatic nitrogens is 3. The van der Waals surface area contributed by atoms with Crippen molar-refractivity contribution in [2.45, 2.75) is 57.1 Å². The number of benzene rings is 1. The van der Waals surface area contributed by atoms with Crippen molar-refractivity contribution in [3.63, 3.8) is 0 Å². The van der Waals surface area contributed by atoms with Crippen molar-refractivity contribution in [1.29, 1.82) is 0 Å². The fourth-order valence-electron chi connectivity index (χ4n) is 4.83. The number of ether oxygens (including phenoxy) is 1. The normalized spacial score (nSPS) is 19.9. The van der Waals surface area contributed by atoms with Crippen LogP contribution in [-0.2, 0) is 22.4 Å². The van der Waals surface area contributed by atoms with Crippen LogP contribution in [0.4, 0.5) is 16.0 Å². The van der Waals surface area contributed by atoms with Crippen LogP contribution in [0.3, 0.4) is 0 Å². The van der Waals surface area contributed by atoms with E-state index in [1.54, 1.807) is 6.07 Å². The molecule has 5 rings (SSSR count). The lowest BCUT2D eigenvalue weighted by molar-refractivity contribution is -0.138. The van der Waals surface area contributed by atoms with E-state index in [1.807, 2.05) is 0 Å². The molecule has 184 valence electrons. The Morgan fingerprint density at radius 2 is 2.14 bits per heavy atom. The van der Waals surface area contributed by atoms with E-state index in [-0.39, 0.29) is 6.10 Å². The summed E-state index contributed by atoms with van der Waals surface area (Å²) in [4.78, 5) is 24.8. The van der Waals surface area contributed by atoms with Crippen LogP contribution in [0.15, 0.2) is 36.7 Å². The van der Waals surface area contributed by atoms with Crippen LogP contribution in [0.5, 0.6) is 0 Å². The molecule has 3 heterocycles. The molecule has 35 heavy (non-hydrogen) atoms. The largest absolute Gasteiger partial charge is 0.480 e. The van der Waals surface area contributed by atoms with Gasteiger partial charge in [-0.15, -0.1) is 0 Å². The smallest absolute Gasteiger partial charge is 0.326 e. The molecule has 8 nitrogen and oxygen atoms in total. The summed E-state index contributed by atoms with van der Waals surface area (Å²) in [5.74, 6) is 0.650. The number of nitrogens with zero attached hydrogens (tertiary/aromatic N) is 3. The zero-order valence-corrected chi connectivity index (χ0v) is 19.5. The van der Waals surface area contributed by atoms with Gasteiger partial charge in [-0.1, -0.05) is 6.07 Å². The quantitative estimate of drug-likeness (QED) is 0.397. The van der Waals surface area contributed by atoms with Crippen LogP contribution in [0, 0.1) is 11.7 Å². The molecule has 1 atom stereocenters. The monoisotopic (exact) mass is 479 g/mol. The number of halogens is 1. The molecular weight excluding hydrogens is 449 g/mol. The molecule has 1 aliphatic heterocycles. The fraction of sp³-hybridized carbons (Fsp3) is 0.462. The SMILES string of the molecule is O=C(O)C(CCO[C@H]1C[C@H](CCc2ccc3c(n2)NCCC3)C1)Nc1ncnc2cc(F)ccc12. The third kappa shape index (κ3) is 5.67. The lowest BCUT2D eigenvalue weighted by Gasteiger charge is -2.35. The Balaban J connectivity index is 1.05. The van der Waals surface area contributed by atoms with E-state index in [2.05, 4.69) is 32.7 Å². The second kappa shape index (κ2) is 10.5. The Kier molecular flexibility index (Phi) is 7.03. The summed E-state index contributed by atoms with van der Waals surface area (Å²) in [6, 6.07) is 7.64. The molecule has 1 saturated carbocycles. The van der Waals surface area contributed by atoms with Gasteiger partial charge in [0.2, 0.25) is 0 Å². The summed E-state index contributed by atoms with van der Waals surface area (Å²) in [6.45, 7) is 1.34. The Morgan fingerprint density at radius 1 is 1.26 bits per heavy atom. The highest BCUT2D eigenvalue weighted by molar-refractivity contribution is 5.90. The van der Waals surface area contributed by atoms with Crippen LogP contribution in [0.25, 0.3) is 10.9 Å². The molecule has 0 radical (unpaired) electrons. The van der Waals surface area contributed by atoms with Crippen LogP contribution in [0.2, 0.25) is 0 Å². The minimum atomic E-state index is -0.985. The molecule has 1 aliphatic carbocycles. The average Bonchev–Trinajstić information content (AvgIpc) is 2.83. The molecular formula is C26H30FN5O3. The van der Waals surface area contributed by atoms with Gasteiger partial charge in [-0.05, 0) is 68.2 Å². The predicted molar refractivity (Wildman–Crippen MR) is 131 cm³/mol. The van der Waals surface area contributed by atoms with Gasteiger partial charge in [-0.2, -0.15) is 0 Å². The lowest BCUT2D eigenvalue weighted by atomic mass is 9.79. The van der Waals surface area contributed by atoms with Crippen molar-refractivity contribution in [2.24, 2.45) is 5.92 Å². The van der Waals surface area contributed by atoms with Crippen LogP contribution in [-0.4, -0.2) is 51.3 Å². The summed E-state index contributed by atoms with van der Waals surface area (Å²) >= 11 is 0. The van der Waals surface area contributed by atoms with E-state index in [4.69, 9.17) is 9.72 Å². The molecule has 0 amide bonds. The number of aliphatic carboxylic acids is 1. The summed E-state index contributed by atoms with van der Waals surface area (Å²) in [6.07, 6.45) is 8.09. The number of rotatable bonds is 10. The van der Waals surface area contributed by atoms with Crippen molar-refractivity contribution in [2.75, 3.05) is 23.8 Å². The van der Waals surface area contributed by atoms with Gasteiger partial charge in [0.1, 0.15) is 29.8 Å². The summed E-state index contributed by atoms with van der Waals surface area (Å²) in [5, 5.41) is 16.6. The maximum Gasteiger partial charge on any atom is 0.326 e. The Hall–Kier alpha value is -3.33. The molecule has 1 unspecified atom stereocenters. The number of nitrogens with one attached hydrogen (secondary N) is 2. The minimum absolute atomic E-state index is 0.176. The van der Waals surface area contributed by atoms with Crippen LogP contribution < -0.4 is 10.6 Å². The van der Waals surface area contributed by atoms with Gasteiger partial charge in [0, 0.05) is 36.7 Å². The number of carboxylic acid groups (broad SMARTS) is 1. The Labute approximate surface area is 203 Å². The molecule has 0 saturated heterocycles. The molecule has 3 N–H and O–H groups in total. The van der Waals surface area contributed by atoms with Crippen molar-refractivity contribution >= 4 is 28.5 Å². The molecule has 1 fully saturated rings. The first-order valence-corrected chi connectivity index (χ1v) is 12.3. The molecule has 0 bridgehead atoms. The highest BCUT2D eigenvalue weighted by Crippen LogP contribution is 2.34. The number of aryl methyl sites for hydroxylation is 2. The van der Waals surface area contributed by atoms with Gasteiger partial charge in [0.25, 0.3) is 0 Å². The van der Waals surface area contributed by atoms with Crippen molar-refractivity contribution in [3.8, 4) is 0 Å². The van der Waals surface area contributed by atoms with E-state index in [0.29, 0.717) is 35.7 Å². The summed E-state index contributed by atoms with van der Waals surface area (Å²) in [7, 11) is 0. The zero-order valence-electron chi connectivity index (χ0n) is 19.5. The van der Waals surface area contributed by atoms with Gasteiger partial charge < -0.3 is 20.5 Å². The number of carboxylic acids is 1. The van der Waals surface area contributed by atoms with Crippen molar-refractivity contribution in [1.82, 2.24) is 15.0 Å². The molecule has 3 aromatic rings. The maximum absolute atomic E-state index is 13.5. The third-order valence-electron chi connectivity index (χ3n) is 6.92. The van der Waals surface area contributed by atoms with E-state index < -0.39 is 17.8 Å². The van der Waals surface area contributed by atoms with Gasteiger partial charge in [-0.3, -0.25) is 0 Å². The number of carbonyl (C=O) groups is 1. The predicted octanol–water partition coefficient (Wildman–Crippen LogP) is 4.21. The van der Waals surface area contributed by atoms with Crippen LogP contribution in [0.1, 0.15) is 43.4 Å². The molecule has 2 aliphatic rings. The summed E-state index contributed by atoms with van der Waals surface area (Å²) < 4.78 is 19.4. The molecule has 9 heteroatoms. The first-order valence-electron chi connectivity index (χ1n) is 12.3. The van der Waals surface area contributed by atoms with E-state index in [0.717, 1.165) is 50.2 Å². The zero-order chi connectivity index (χ0) is 24.2. The van der Waals surface area contributed by atoms with E-state index in [1.165, 1.54) is 30.4 Å². The minimum Gasteiger partial charge on any atom is -0.480 e. The standard InChI is InChI=1S/C26H30FN5O3/c27-18-5-8-21-23(14-18)29-15-30-25(21)32-22(26(33)34)9-11-35-20-12-16(13-20)3-6-19-7-4-17-2-1-10-28-24(17)31-19/h4-5,7-8,14-16,20,22H,1-3,6,9-13H2,(H,28,31)(H,33,34)(H,29,30,32)/t16-,20-,22?. The second-order valence-corrected chi connectivity index (χ2v) is 9.42. The van der Waals surface area contributed by atoms with Gasteiger partial charge in [0.15, 0.2) is 0 Å². The van der Waals surface area contributed by atoms with E-state index in [9.17, 15) is 14.3 Å². The highest BCUT2D eigenvalue weighted by atomic mass is 19.1. The Bertz CT molecular complexity index is 1200. The number of pyridine rings is 1. The van der Waals surface area contributed by atoms with Gasteiger partial charge >= 0.3 is 5.97 Å². The first-order chi connectivity index (χ1) is 17.0. The third-order valence-corrected chi connectivity index (χ3v) is 6.92. The second-order valence-electron chi connectivity index (χ2n) is 9.42. The number of hydrogen-bond acceptors (Lipinski definition) is 7. The maximum atomic E-state index is 13.5. The van der Waals surface area contributed by atoms with Crippen LogP contribution >= 0.6 is 0 Å². The fourth-order valence-corrected chi connectivity index (χ4v) is 4.83. The highest BCUT2D eigenvalue weighted by Gasteiger charge is 2.30. The number of hydrogen-bond donors (Lipinski definition) is 3. The molecule has 0 spiro atoms. The first kappa shape index (κ1) is 23.4. The number of anilines is 2. The lowest BCUT2D eigenvalue weighted by Crippen LogP contribution is -2.35. The van der Waals surface area contributed by atoms with E-state index >= 15 is 0 Å². The number of fused-ring (bicyclic) bond motifs is 2. The summed E-state index contributed by atoms with van der Waals surface area (Å²) in [5.41, 5.74) is 2.87.